The van der Waals surface area contributed by atoms with Crippen molar-refractivity contribution in [2.45, 2.75) is 12.0 Å². The van der Waals surface area contributed by atoms with Crippen LogP contribution in [0.15, 0.2) is 71.2 Å². The molecule has 0 aliphatic heterocycles. The second kappa shape index (κ2) is 10.7. The largest absolute Gasteiger partial charge is 0.478 e. The number of anilines is 1. The number of nitrogens with one attached hydrogen (secondary N) is 2. The van der Waals surface area contributed by atoms with Crippen molar-refractivity contribution in [3.05, 3.63) is 87.9 Å². The number of amides is 2. The fraction of sp³-hybridized carbons (Fsp3) is 0.192. The number of aromatic carboxylic acids is 1. The van der Waals surface area contributed by atoms with Crippen LogP contribution in [0.5, 0.6) is 0 Å². The number of halogens is 1. The highest BCUT2D eigenvalue weighted by Crippen LogP contribution is 2.44. The Hall–Kier alpha value is -3.69. The minimum atomic E-state index is -1.20. The highest BCUT2D eigenvalue weighted by Gasteiger charge is 2.30. The molecule has 0 fully saturated rings. The lowest BCUT2D eigenvalue weighted by molar-refractivity contribution is -0.119. The number of ether oxygens (including phenoxy) is 2. The Kier molecular flexibility index (Phi) is 7.48. The van der Waals surface area contributed by atoms with Gasteiger partial charge in [-0.3, -0.25) is 4.79 Å². The minimum absolute atomic E-state index is 0.0837. The molecule has 0 aromatic heterocycles. The van der Waals surface area contributed by atoms with Crippen LogP contribution in [0.25, 0.3) is 11.1 Å². The summed E-state index contributed by atoms with van der Waals surface area (Å²) in [7, 11) is 1.39. The number of carbonyl (C=O) groups excluding carboxylic acids is 2. The predicted molar refractivity (Wildman–Crippen MR) is 134 cm³/mol. The van der Waals surface area contributed by atoms with Crippen LogP contribution in [0.4, 0.5) is 10.5 Å². The molecular formula is C26H23BrN2O6. The molecule has 0 bridgehead atoms. The van der Waals surface area contributed by atoms with E-state index in [9.17, 15) is 19.5 Å². The van der Waals surface area contributed by atoms with E-state index in [1.165, 1.54) is 13.2 Å². The Bertz CT molecular complexity index is 1230. The van der Waals surface area contributed by atoms with Crippen molar-refractivity contribution in [3.63, 3.8) is 0 Å². The average Bonchev–Trinajstić information content (AvgIpc) is 3.17. The molecular weight excluding hydrogens is 516 g/mol. The summed E-state index contributed by atoms with van der Waals surface area (Å²) in [6.07, 6.45) is -0.783. The number of rotatable bonds is 8. The Balaban J connectivity index is 1.44. The summed E-state index contributed by atoms with van der Waals surface area (Å²) in [6.45, 7) is -0.0442. The van der Waals surface area contributed by atoms with Gasteiger partial charge in [-0.05, 0) is 50.3 Å². The van der Waals surface area contributed by atoms with E-state index in [0.717, 1.165) is 22.3 Å². The fourth-order valence-electron chi connectivity index (χ4n) is 4.17. The monoisotopic (exact) mass is 538 g/mol. The van der Waals surface area contributed by atoms with Crippen LogP contribution in [0.2, 0.25) is 0 Å². The van der Waals surface area contributed by atoms with Gasteiger partial charge in [0.2, 0.25) is 5.91 Å². The number of benzene rings is 3. The van der Waals surface area contributed by atoms with E-state index in [1.807, 2.05) is 48.5 Å². The molecule has 180 valence electrons. The van der Waals surface area contributed by atoms with Gasteiger partial charge < -0.3 is 25.2 Å². The zero-order valence-electron chi connectivity index (χ0n) is 18.8. The maximum atomic E-state index is 12.9. The van der Waals surface area contributed by atoms with Gasteiger partial charge in [0.1, 0.15) is 12.6 Å². The molecule has 0 saturated carbocycles. The summed E-state index contributed by atoms with van der Waals surface area (Å²) in [5.41, 5.74) is 4.35. The lowest BCUT2D eigenvalue weighted by atomic mass is 9.98. The van der Waals surface area contributed by atoms with E-state index in [-0.39, 0.29) is 30.4 Å². The van der Waals surface area contributed by atoms with Gasteiger partial charge in [-0.2, -0.15) is 0 Å². The Labute approximate surface area is 210 Å². The highest BCUT2D eigenvalue weighted by atomic mass is 79.9. The SMILES string of the molecule is COC[C@H](NC(=O)OCC1c2ccccc2-c2ccccc21)C(=O)Nc1c(Br)cccc1C(=O)O. The van der Waals surface area contributed by atoms with Crippen LogP contribution in [0.1, 0.15) is 27.4 Å². The van der Waals surface area contributed by atoms with Gasteiger partial charge in [-0.15, -0.1) is 0 Å². The van der Waals surface area contributed by atoms with Crippen molar-refractivity contribution in [1.82, 2.24) is 5.32 Å². The molecule has 0 unspecified atom stereocenters. The number of carboxylic acids is 1. The van der Waals surface area contributed by atoms with E-state index < -0.39 is 24.0 Å². The molecule has 3 aromatic rings. The zero-order valence-corrected chi connectivity index (χ0v) is 20.4. The van der Waals surface area contributed by atoms with Crippen molar-refractivity contribution < 1.29 is 29.0 Å². The van der Waals surface area contributed by atoms with Gasteiger partial charge in [0.15, 0.2) is 0 Å². The molecule has 3 aromatic carbocycles. The van der Waals surface area contributed by atoms with E-state index in [0.29, 0.717) is 4.47 Å². The van der Waals surface area contributed by atoms with Crippen molar-refractivity contribution in [1.29, 1.82) is 0 Å². The molecule has 4 rings (SSSR count). The van der Waals surface area contributed by atoms with E-state index >= 15 is 0 Å². The molecule has 1 aliphatic carbocycles. The maximum Gasteiger partial charge on any atom is 0.407 e. The number of para-hydroxylation sites is 1. The summed E-state index contributed by atoms with van der Waals surface area (Å²) in [5.74, 6) is -1.97. The Morgan fingerprint density at radius 1 is 0.971 bits per heavy atom. The summed E-state index contributed by atoms with van der Waals surface area (Å²) in [5, 5.41) is 14.5. The van der Waals surface area contributed by atoms with Crippen molar-refractivity contribution >= 4 is 39.6 Å². The van der Waals surface area contributed by atoms with Crippen LogP contribution in [-0.2, 0) is 14.3 Å². The third kappa shape index (κ3) is 5.21. The first kappa shape index (κ1) is 24.4. The van der Waals surface area contributed by atoms with Gasteiger partial charge >= 0.3 is 12.1 Å². The minimum Gasteiger partial charge on any atom is -0.478 e. The number of methoxy groups -OCH3 is 1. The predicted octanol–water partition coefficient (Wildman–Crippen LogP) is 4.64. The molecule has 1 atom stereocenters. The van der Waals surface area contributed by atoms with Gasteiger partial charge in [-0.1, -0.05) is 54.6 Å². The van der Waals surface area contributed by atoms with Crippen molar-refractivity contribution in [2.24, 2.45) is 0 Å². The topological polar surface area (TPSA) is 114 Å². The fourth-order valence-corrected chi connectivity index (χ4v) is 4.64. The normalized spacial score (nSPS) is 12.9. The highest BCUT2D eigenvalue weighted by molar-refractivity contribution is 9.10. The first-order valence-electron chi connectivity index (χ1n) is 10.8. The van der Waals surface area contributed by atoms with Crippen LogP contribution in [0.3, 0.4) is 0 Å². The number of alkyl carbamates (subject to hydrolysis) is 1. The molecule has 3 N–H and O–H groups in total. The lowest BCUT2D eigenvalue weighted by Crippen LogP contribution is -2.47. The van der Waals surface area contributed by atoms with Crippen LogP contribution in [0, 0.1) is 0 Å². The van der Waals surface area contributed by atoms with Gasteiger partial charge in [0.25, 0.3) is 0 Å². The number of hydrogen-bond acceptors (Lipinski definition) is 5. The molecule has 0 radical (unpaired) electrons. The van der Waals surface area contributed by atoms with Gasteiger partial charge in [0.05, 0.1) is 17.9 Å². The number of hydrogen-bond donors (Lipinski definition) is 3. The van der Waals surface area contributed by atoms with E-state index in [1.54, 1.807) is 12.1 Å². The quantitative estimate of drug-likeness (QED) is 0.385. The second-order valence-corrected chi connectivity index (χ2v) is 8.79. The van der Waals surface area contributed by atoms with Crippen LogP contribution in [-0.4, -0.2) is 49.4 Å². The molecule has 9 heteroatoms. The number of carboxylic acid groups (broad SMARTS) is 1. The zero-order chi connectivity index (χ0) is 24.9. The molecule has 1 aliphatic rings. The Morgan fingerprint density at radius 2 is 1.60 bits per heavy atom. The van der Waals surface area contributed by atoms with Crippen molar-refractivity contribution in [2.75, 3.05) is 25.6 Å². The van der Waals surface area contributed by atoms with Crippen LogP contribution >= 0.6 is 15.9 Å². The number of carbonyl (C=O) groups is 3. The van der Waals surface area contributed by atoms with Gasteiger partial charge in [-0.25, -0.2) is 9.59 Å². The lowest BCUT2D eigenvalue weighted by Gasteiger charge is -2.20. The molecule has 0 spiro atoms. The summed E-state index contributed by atoms with van der Waals surface area (Å²) >= 11 is 3.25. The van der Waals surface area contributed by atoms with Gasteiger partial charge in [0, 0.05) is 17.5 Å². The number of fused-ring (bicyclic) bond motifs is 3. The standard InChI is InChI=1S/C26H23BrN2O6/c1-34-14-22(24(30)29-23-19(25(31)32)11-6-12-21(23)27)28-26(33)35-13-20-17-9-4-2-7-15(17)16-8-3-5-10-18(16)20/h2-12,20,22H,13-14H2,1H3,(H,28,33)(H,29,30)(H,31,32)/t22-/m0/s1. The molecule has 0 saturated heterocycles. The third-order valence-electron chi connectivity index (χ3n) is 5.78. The Morgan fingerprint density at radius 3 is 2.20 bits per heavy atom. The smallest absolute Gasteiger partial charge is 0.407 e. The first-order valence-corrected chi connectivity index (χ1v) is 11.6. The van der Waals surface area contributed by atoms with E-state index in [4.69, 9.17) is 9.47 Å². The molecule has 2 amide bonds. The molecule has 35 heavy (non-hydrogen) atoms. The van der Waals surface area contributed by atoms with Crippen LogP contribution < -0.4 is 10.6 Å². The summed E-state index contributed by atoms with van der Waals surface area (Å²) in [6, 6.07) is 19.4. The summed E-state index contributed by atoms with van der Waals surface area (Å²) in [4.78, 5) is 37.0. The van der Waals surface area contributed by atoms with Crippen molar-refractivity contribution in [3.8, 4) is 11.1 Å². The molecule has 8 nitrogen and oxygen atoms in total. The average molecular weight is 539 g/mol. The summed E-state index contributed by atoms with van der Waals surface area (Å²) < 4.78 is 11.0. The molecule has 0 heterocycles. The second-order valence-electron chi connectivity index (χ2n) is 7.93. The third-order valence-corrected chi connectivity index (χ3v) is 6.44. The maximum absolute atomic E-state index is 12.9. The van der Waals surface area contributed by atoms with E-state index in [2.05, 4.69) is 26.6 Å². The first-order chi connectivity index (χ1) is 16.9.